The quantitative estimate of drug-likeness (QED) is 0.696. The maximum Gasteiger partial charge on any atom is 0.256 e. The normalized spacial score (nSPS) is 33.7. The number of nitrogens with zero attached hydrogens (tertiary/aromatic N) is 1. The van der Waals surface area contributed by atoms with E-state index in [0.717, 1.165) is 6.42 Å². The predicted molar refractivity (Wildman–Crippen MR) is 79.3 cm³/mol. The van der Waals surface area contributed by atoms with Gasteiger partial charge in [-0.05, 0) is 57.9 Å². The average Bonchev–Trinajstić information content (AvgIpc) is 2.46. The first-order valence-electron chi connectivity index (χ1n) is 5.88. The van der Waals surface area contributed by atoms with Crippen LogP contribution in [0.4, 0.5) is 0 Å². The molecule has 0 spiro atoms. The van der Waals surface area contributed by atoms with Crippen molar-refractivity contribution in [3.8, 4) is 0 Å². The van der Waals surface area contributed by atoms with Gasteiger partial charge in [-0.15, -0.1) is 4.15 Å². The lowest BCUT2D eigenvalue weighted by molar-refractivity contribution is -0.128. The van der Waals surface area contributed by atoms with Gasteiger partial charge in [0.15, 0.2) is 0 Å². The van der Waals surface area contributed by atoms with Crippen molar-refractivity contribution < 1.29 is 13.2 Å². The van der Waals surface area contributed by atoms with E-state index < -0.39 is 20.6 Å². The molecular formula is C10H15Cl3NO3PS. The molecule has 2 aliphatic rings. The number of sulfonamides is 1. The molecule has 0 aromatic heterocycles. The zero-order valence-corrected chi connectivity index (χ0v) is 14.5. The first-order valence-corrected chi connectivity index (χ1v) is 11.9. The van der Waals surface area contributed by atoms with E-state index in [1.165, 1.54) is 0 Å². The van der Waals surface area contributed by atoms with Crippen LogP contribution in [0.3, 0.4) is 0 Å². The molecule has 2 bridgehead atoms. The number of Topliss-reactive ketones (excluding diaryl/α,β-unsaturated/α-hetero) is 1. The van der Waals surface area contributed by atoms with Crippen LogP contribution in [0, 0.1) is 16.7 Å². The Morgan fingerprint density at radius 3 is 2.32 bits per heavy atom. The summed E-state index contributed by atoms with van der Waals surface area (Å²) in [6.07, 6.45) is 1.90. The van der Waals surface area contributed by atoms with Crippen LogP contribution in [0.25, 0.3) is 0 Å². The molecule has 2 atom stereocenters. The number of fused-ring (bicyclic) bond motifs is 2. The van der Waals surface area contributed by atoms with Crippen molar-refractivity contribution >= 4 is 54.6 Å². The number of ketones is 1. The fraction of sp³-hybridized carbons (Fsp3) is 0.900. The standard InChI is InChI=1S/C10H15Cl3NO3PS/c1-9(2)7-3-4-10(9,8(15)5-7)6-19(16,17)14-18(11,12)13/h7H,3-6H2,1-2H3/t7?,10-/m1/s1. The van der Waals surface area contributed by atoms with Crippen molar-refractivity contribution in [2.45, 2.75) is 33.1 Å². The largest absolute Gasteiger partial charge is 0.299 e. The predicted octanol–water partition coefficient (Wildman–Crippen LogP) is 4.37. The summed E-state index contributed by atoms with van der Waals surface area (Å²) in [5.41, 5.74) is -1.20. The molecule has 0 aromatic rings. The van der Waals surface area contributed by atoms with Crippen LogP contribution in [0.2, 0.25) is 0 Å². The second-order valence-corrected chi connectivity index (χ2v) is 14.8. The average molecular weight is 367 g/mol. The second-order valence-electron chi connectivity index (χ2n) is 5.89. The Bertz CT molecular complexity index is 575. The summed E-state index contributed by atoms with van der Waals surface area (Å²) in [5, 5.41) is -3.34. The molecule has 4 nitrogen and oxygen atoms in total. The molecule has 0 radical (unpaired) electrons. The minimum atomic E-state index is -3.91. The number of carbonyl (C=O) groups excluding carboxylic acids is 1. The SMILES string of the molecule is CC1(C)C2CC[C@@]1(CS(=O)(=O)N=P(Cl)(Cl)Cl)C(=O)C2. The van der Waals surface area contributed by atoms with E-state index in [4.69, 9.17) is 33.7 Å². The van der Waals surface area contributed by atoms with E-state index in [2.05, 4.69) is 4.15 Å². The van der Waals surface area contributed by atoms with Crippen LogP contribution in [0.15, 0.2) is 4.15 Å². The third-order valence-electron chi connectivity index (χ3n) is 4.78. The van der Waals surface area contributed by atoms with E-state index in [1.54, 1.807) is 0 Å². The Hall–Kier alpha value is 0.720. The number of rotatable bonds is 3. The lowest BCUT2D eigenvalue weighted by Crippen LogP contribution is -2.41. The number of halogens is 3. The highest BCUT2D eigenvalue weighted by Gasteiger charge is 2.65. The summed E-state index contributed by atoms with van der Waals surface area (Å²) >= 11 is 16.6. The second kappa shape index (κ2) is 4.61. The molecule has 0 amide bonds. The topological polar surface area (TPSA) is 63.6 Å². The van der Waals surface area contributed by atoms with Gasteiger partial charge in [0, 0.05) is 6.42 Å². The van der Waals surface area contributed by atoms with Gasteiger partial charge in [-0.1, -0.05) is 13.8 Å². The van der Waals surface area contributed by atoms with Crippen molar-refractivity contribution in [2.24, 2.45) is 20.9 Å². The van der Waals surface area contributed by atoms with Gasteiger partial charge in [0.05, 0.1) is 11.2 Å². The summed E-state index contributed by atoms with van der Waals surface area (Å²) in [6.45, 7) is 3.91. The monoisotopic (exact) mass is 365 g/mol. The van der Waals surface area contributed by atoms with Gasteiger partial charge < -0.3 is 0 Å². The molecular weight excluding hydrogens is 352 g/mol. The van der Waals surface area contributed by atoms with Crippen molar-refractivity contribution in [3.05, 3.63) is 0 Å². The number of carbonyl (C=O) groups is 1. The molecule has 9 heteroatoms. The summed E-state index contributed by atoms with van der Waals surface area (Å²) in [5.74, 6) is -0.0797. The molecule has 0 saturated heterocycles. The third kappa shape index (κ3) is 2.74. The van der Waals surface area contributed by atoms with E-state index in [1.807, 2.05) is 13.8 Å². The van der Waals surface area contributed by atoms with Gasteiger partial charge in [0.1, 0.15) is 5.78 Å². The Morgan fingerprint density at radius 2 is 1.95 bits per heavy atom. The van der Waals surface area contributed by atoms with E-state index in [-0.39, 0.29) is 22.9 Å². The van der Waals surface area contributed by atoms with Gasteiger partial charge in [0.25, 0.3) is 10.0 Å². The summed E-state index contributed by atoms with van der Waals surface area (Å²) in [7, 11) is -3.91. The van der Waals surface area contributed by atoms with Gasteiger partial charge in [-0.3, -0.25) is 4.79 Å². The Kier molecular flexibility index (Phi) is 3.90. The van der Waals surface area contributed by atoms with E-state index >= 15 is 0 Å². The first kappa shape index (κ1) is 16.1. The molecule has 0 N–H and O–H groups in total. The molecule has 110 valence electrons. The highest BCUT2D eigenvalue weighted by molar-refractivity contribution is 8.28. The lowest BCUT2D eigenvalue weighted by atomic mass is 9.70. The van der Waals surface area contributed by atoms with Crippen molar-refractivity contribution in [2.75, 3.05) is 5.75 Å². The summed E-state index contributed by atoms with van der Waals surface area (Å²) < 4.78 is 27.5. The van der Waals surface area contributed by atoms with Gasteiger partial charge in [-0.2, -0.15) is 0 Å². The van der Waals surface area contributed by atoms with Crippen molar-refractivity contribution in [1.82, 2.24) is 0 Å². The van der Waals surface area contributed by atoms with Crippen molar-refractivity contribution in [3.63, 3.8) is 0 Å². The number of hydrogen-bond acceptors (Lipinski definition) is 3. The zero-order valence-electron chi connectivity index (χ0n) is 10.6. The van der Waals surface area contributed by atoms with Crippen LogP contribution in [-0.2, 0) is 14.8 Å². The minimum Gasteiger partial charge on any atom is -0.299 e. The maximum absolute atomic E-state index is 12.2. The molecule has 0 aromatic carbocycles. The highest BCUT2D eigenvalue weighted by atomic mass is 36.0. The number of hydrogen-bond donors (Lipinski definition) is 0. The van der Waals surface area contributed by atoms with Crippen LogP contribution >= 0.6 is 38.8 Å². The van der Waals surface area contributed by atoms with Gasteiger partial charge in [-0.25, -0.2) is 8.42 Å². The van der Waals surface area contributed by atoms with E-state index in [9.17, 15) is 13.2 Å². The van der Waals surface area contributed by atoms with Crippen LogP contribution in [0.5, 0.6) is 0 Å². The van der Waals surface area contributed by atoms with Gasteiger partial charge >= 0.3 is 0 Å². The maximum atomic E-state index is 12.2. The molecule has 1 unspecified atom stereocenters. The summed E-state index contributed by atoms with van der Waals surface area (Å²) in [4.78, 5) is 12.2. The molecule has 0 heterocycles. The summed E-state index contributed by atoms with van der Waals surface area (Å²) in [6, 6.07) is 0. The fourth-order valence-electron chi connectivity index (χ4n) is 3.59. The Labute approximate surface area is 127 Å². The molecule has 2 aliphatic carbocycles. The fourth-order valence-corrected chi connectivity index (χ4v) is 8.79. The zero-order chi connectivity index (χ0) is 14.7. The Morgan fingerprint density at radius 1 is 1.37 bits per heavy atom. The molecule has 2 fully saturated rings. The van der Waals surface area contributed by atoms with Crippen LogP contribution in [0.1, 0.15) is 33.1 Å². The third-order valence-corrected chi connectivity index (χ3v) is 9.04. The Balaban J connectivity index is 2.41. The van der Waals surface area contributed by atoms with Crippen LogP contribution < -0.4 is 0 Å². The lowest BCUT2D eigenvalue weighted by Gasteiger charge is -2.35. The molecule has 0 aliphatic heterocycles. The smallest absolute Gasteiger partial charge is 0.256 e. The van der Waals surface area contributed by atoms with E-state index in [0.29, 0.717) is 12.8 Å². The first-order chi connectivity index (χ1) is 8.40. The van der Waals surface area contributed by atoms with Crippen LogP contribution in [-0.4, -0.2) is 20.0 Å². The molecule has 2 rings (SSSR count). The van der Waals surface area contributed by atoms with Gasteiger partial charge in [0.2, 0.25) is 5.11 Å². The highest BCUT2D eigenvalue weighted by Crippen LogP contribution is 2.67. The van der Waals surface area contributed by atoms with Crippen molar-refractivity contribution in [1.29, 1.82) is 0 Å². The molecule has 19 heavy (non-hydrogen) atoms. The molecule has 2 saturated carbocycles. The minimum absolute atomic E-state index is 0.00942.